The van der Waals surface area contributed by atoms with Crippen LogP contribution in [0.25, 0.3) is 0 Å². The normalized spacial score (nSPS) is 13.0. The van der Waals surface area contributed by atoms with Crippen LogP contribution >= 0.6 is 0 Å². The lowest BCUT2D eigenvalue weighted by Crippen LogP contribution is -2.12. The first kappa shape index (κ1) is 9.06. The molecule has 12 heavy (non-hydrogen) atoms. The highest BCUT2D eigenvalue weighted by molar-refractivity contribution is 5.11. The second-order valence-electron chi connectivity index (χ2n) is 2.54. The number of nitrogens with two attached hydrogens (primary N) is 1. The molecule has 1 atom stereocenters. The summed E-state index contributed by atoms with van der Waals surface area (Å²) in [7, 11) is 0. The van der Waals surface area contributed by atoms with Gasteiger partial charge in [-0.2, -0.15) is 0 Å². The third-order valence-electron chi connectivity index (χ3n) is 1.63. The minimum atomic E-state index is -0.681. The standard InChI is InChI=1S/C8H10F2N2/c1-2-7(11)8-6(10)3-5(9)4-12-8/h3-4,7H,2,11H2,1H3/t7-/m1/s1. The van der Waals surface area contributed by atoms with Crippen LogP contribution in [-0.2, 0) is 0 Å². The zero-order valence-electron chi connectivity index (χ0n) is 6.72. The topological polar surface area (TPSA) is 38.9 Å². The maximum absolute atomic E-state index is 12.9. The first-order chi connectivity index (χ1) is 5.65. The molecule has 0 aliphatic carbocycles. The second-order valence-corrected chi connectivity index (χ2v) is 2.54. The van der Waals surface area contributed by atoms with Gasteiger partial charge in [0.2, 0.25) is 0 Å². The third kappa shape index (κ3) is 1.76. The van der Waals surface area contributed by atoms with Gasteiger partial charge in [-0.25, -0.2) is 8.78 Å². The molecule has 2 nitrogen and oxygen atoms in total. The maximum Gasteiger partial charge on any atom is 0.149 e. The smallest absolute Gasteiger partial charge is 0.149 e. The van der Waals surface area contributed by atoms with E-state index in [4.69, 9.17) is 5.73 Å². The van der Waals surface area contributed by atoms with Gasteiger partial charge in [-0.05, 0) is 6.42 Å². The van der Waals surface area contributed by atoms with E-state index in [-0.39, 0.29) is 5.69 Å². The molecule has 0 aliphatic heterocycles. The predicted molar refractivity (Wildman–Crippen MR) is 41.4 cm³/mol. The van der Waals surface area contributed by atoms with E-state index in [0.29, 0.717) is 6.42 Å². The summed E-state index contributed by atoms with van der Waals surface area (Å²) in [5.41, 5.74) is 5.64. The molecule has 1 aromatic heterocycles. The highest BCUT2D eigenvalue weighted by atomic mass is 19.1. The molecule has 0 radical (unpaired) electrons. The van der Waals surface area contributed by atoms with Gasteiger partial charge < -0.3 is 5.73 Å². The van der Waals surface area contributed by atoms with E-state index in [1.165, 1.54) is 0 Å². The van der Waals surface area contributed by atoms with Gasteiger partial charge in [0.25, 0.3) is 0 Å². The van der Waals surface area contributed by atoms with Crippen molar-refractivity contribution in [3.63, 3.8) is 0 Å². The van der Waals surface area contributed by atoms with Crippen molar-refractivity contribution in [2.24, 2.45) is 5.73 Å². The van der Waals surface area contributed by atoms with Crippen molar-refractivity contribution in [3.05, 3.63) is 29.6 Å². The first-order valence-electron chi connectivity index (χ1n) is 3.71. The summed E-state index contributed by atoms with van der Waals surface area (Å²) in [5.74, 6) is -1.36. The summed E-state index contributed by atoms with van der Waals surface area (Å²) in [5, 5.41) is 0. The summed E-state index contributed by atoms with van der Waals surface area (Å²) >= 11 is 0. The zero-order valence-corrected chi connectivity index (χ0v) is 6.72. The molecular weight excluding hydrogens is 162 g/mol. The van der Waals surface area contributed by atoms with Crippen LogP contribution in [0.15, 0.2) is 12.3 Å². The van der Waals surface area contributed by atoms with E-state index in [1.807, 2.05) is 6.92 Å². The van der Waals surface area contributed by atoms with E-state index in [1.54, 1.807) is 0 Å². The monoisotopic (exact) mass is 172 g/mol. The van der Waals surface area contributed by atoms with Crippen molar-refractivity contribution in [3.8, 4) is 0 Å². The van der Waals surface area contributed by atoms with Crippen molar-refractivity contribution in [2.75, 3.05) is 0 Å². The molecule has 0 aromatic carbocycles. The Labute approximate surface area is 69.4 Å². The molecule has 4 heteroatoms. The van der Waals surface area contributed by atoms with Gasteiger partial charge in [-0.3, -0.25) is 4.98 Å². The Kier molecular flexibility index (Phi) is 2.70. The molecule has 1 aromatic rings. The lowest BCUT2D eigenvalue weighted by molar-refractivity contribution is 0.532. The van der Waals surface area contributed by atoms with Crippen LogP contribution in [0, 0.1) is 11.6 Å². The number of hydrogen-bond acceptors (Lipinski definition) is 2. The summed E-state index contributed by atoms with van der Waals surface area (Å²) in [6.45, 7) is 1.81. The summed E-state index contributed by atoms with van der Waals surface area (Å²) < 4.78 is 25.3. The Balaban J connectivity index is 3.01. The van der Waals surface area contributed by atoms with Crippen LogP contribution in [0.3, 0.4) is 0 Å². The lowest BCUT2D eigenvalue weighted by Gasteiger charge is -2.07. The van der Waals surface area contributed by atoms with E-state index in [0.717, 1.165) is 12.3 Å². The molecule has 0 amide bonds. The number of rotatable bonds is 2. The van der Waals surface area contributed by atoms with Crippen molar-refractivity contribution in [2.45, 2.75) is 19.4 Å². The first-order valence-corrected chi connectivity index (χ1v) is 3.71. The van der Waals surface area contributed by atoms with Crippen LogP contribution in [0.1, 0.15) is 25.1 Å². The molecule has 1 rings (SSSR count). The van der Waals surface area contributed by atoms with E-state index in [2.05, 4.69) is 4.98 Å². The van der Waals surface area contributed by atoms with Gasteiger partial charge >= 0.3 is 0 Å². The van der Waals surface area contributed by atoms with Crippen molar-refractivity contribution >= 4 is 0 Å². The fourth-order valence-electron chi connectivity index (χ4n) is 0.891. The van der Waals surface area contributed by atoms with Crippen LogP contribution < -0.4 is 5.73 Å². The minimum Gasteiger partial charge on any atom is -0.323 e. The second kappa shape index (κ2) is 3.58. The fraction of sp³-hybridized carbons (Fsp3) is 0.375. The largest absolute Gasteiger partial charge is 0.323 e. The molecule has 0 fully saturated rings. The Morgan fingerprint density at radius 2 is 2.25 bits per heavy atom. The fourth-order valence-corrected chi connectivity index (χ4v) is 0.891. The van der Waals surface area contributed by atoms with Crippen LogP contribution in [0.2, 0.25) is 0 Å². The molecule has 0 saturated heterocycles. The van der Waals surface area contributed by atoms with E-state index >= 15 is 0 Å². The molecule has 0 unspecified atom stereocenters. The van der Waals surface area contributed by atoms with Crippen molar-refractivity contribution < 1.29 is 8.78 Å². The molecule has 0 spiro atoms. The number of aromatic nitrogens is 1. The Morgan fingerprint density at radius 1 is 1.58 bits per heavy atom. The maximum atomic E-state index is 12.9. The zero-order chi connectivity index (χ0) is 9.14. The van der Waals surface area contributed by atoms with Gasteiger partial charge in [-0.1, -0.05) is 6.92 Å². The minimum absolute atomic E-state index is 0.124. The van der Waals surface area contributed by atoms with Crippen LogP contribution in [0.4, 0.5) is 8.78 Å². The average Bonchev–Trinajstić information content (AvgIpc) is 2.03. The van der Waals surface area contributed by atoms with Gasteiger partial charge in [-0.15, -0.1) is 0 Å². The summed E-state index contributed by atoms with van der Waals surface area (Å²) in [4.78, 5) is 3.57. The lowest BCUT2D eigenvalue weighted by atomic mass is 10.1. The molecular formula is C8H10F2N2. The quantitative estimate of drug-likeness (QED) is 0.738. The van der Waals surface area contributed by atoms with Crippen LogP contribution in [0.5, 0.6) is 0 Å². The highest BCUT2D eigenvalue weighted by Crippen LogP contribution is 2.14. The number of hydrogen-bond donors (Lipinski definition) is 1. The molecule has 1 heterocycles. The van der Waals surface area contributed by atoms with Gasteiger partial charge in [0, 0.05) is 12.1 Å². The van der Waals surface area contributed by atoms with Crippen molar-refractivity contribution in [1.82, 2.24) is 4.98 Å². The Bertz CT molecular complexity index is 276. The Hall–Kier alpha value is -1.03. The van der Waals surface area contributed by atoms with Crippen molar-refractivity contribution in [1.29, 1.82) is 0 Å². The van der Waals surface area contributed by atoms with Gasteiger partial charge in [0.1, 0.15) is 11.6 Å². The summed E-state index contributed by atoms with van der Waals surface area (Å²) in [6, 6.07) is 0.336. The van der Waals surface area contributed by atoms with E-state index in [9.17, 15) is 8.78 Å². The van der Waals surface area contributed by atoms with Gasteiger partial charge in [0.05, 0.1) is 11.9 Å². The average molecular weight is 172 g/mol. The summed E-state index contributed by atoms with van der Waals surface area (Å²) in [6.07, 6.45) is 1.55. The third-order valence-corrected chi connectivity index (χ3v) is 1.63. The van der Waals surface area contributed by atoms with Crippen LogP contribution in [-0.4, -0.2) is 4.98 Å². The molecule has 0 aliphatic rings. The SMILES string of the molecule is CC[C@@H](N)c1ncc(F)cc1F. The molecule has 0 saturated carbocycles. The number of pyridine rings is 1. The van der Waals surface area contributed by atoms with Gasteiger partial charge in [0.15, 0.2) is 0 Å². The molecule has 66 valence electrons. The predicted octanol–water partition coefficient (Wildman–Crippen LogP) is 1.77. The highest BCUT2D eigenvalue weighted by Gasteiger charge is 2.11. The molecule has 0 bridgehead atoms. The molecule has 2 N–H and O–H groups in total. The number of nitrogens with zero attached hydrogens (tertiary/aromatic N) is 1. The number of halogens is 2. The van der Waals surface area contributed by atoms with E-state index < -0.39 is 17.7 Å². The Morgan fingerprint density at radius 3 is 2.75 bits per heavy atom.